The van der Waals surface area contributed by atoms with Gasteiger partial charge in [-0.05, 0) is 43.2 Å². The fourth-order valence-corrected chi connectivity index (χ4v) is 4.09. The van der Waals surface area contributed by atoms with Crippen LogP contribution in [0.3, 0.4) is 0 Å². The monoisotopic (exact) mass is 416 g/mol. The molecule has 1 amide bonds. The van der Waals surface area contributed by atoms with Crippen molar-refractivity contribution in [2.24, 2.45) is 0 Å². The maximum atomic E-state index is 13.3. The van der Waals surface area contributed by atoms with E-state index in [2.05, 4.69) is 9.88 Å². The van der Waals surface area contributed by atoms with Crippen LogP contribution in [-0.2, 0) is 6.54 Å². The number of benzene rings is 1. The largest absolute Gasteiger partial charge is 0.336 e. The lowest BCUT2D eigenvalue weighted by atomic mass is 10.1. The molecule has 1 atom stereocenters. The molecule has 6 heteroatoms. The molecule has 0 radical (unpaired) electrons. The summed E-state index contributed by atoms with van der Waals surface area (Å²) in [5.41, 5.74) is 2.84. The molecule has 3 aromatic rings. The van der Waals surface area contributed by atoms with Gasteiger partial charge in [-0.25, -0.2) is 0 Å². The van der Waals surface area contributed by atoms with Crippen molar-refractivity contribution in [3.8, 4) is 0 Å². The molecule has 1 saturated heterocycles. The summed E-state index contributed by atoms with van der Waals surface area (Å²) in [6, 6.07) is 17.5. The third-order valence-corrected chi connectivity index (χ3v) is 6.01. The van der Waals surface area contributed by atoms with E-state index in [1.54, 1.807) is 21.9 Å². The lowest BCUT2D eigenvalue weighted by molar-refractivity contribution is 0.0624. The highest BCUT2D eigenvalue weighted by Crippen LogP contribution is 2.18. The van der Waals surface area contributed by atoms with E-state index in [9.17, 15) is 9.59 Å². The molecule has 6 nitrogen and oxygen atoms in total. The Morgan fingerprint density at radius 2 is 1.71 bits per heavy atom. The second kappa shape index (κ2) is 9.27. The summed E-state index contributed by atoms with van der Waals surface area (Å²) in [5.74, 6) is -0.172. The Kier molecular flexibility index (Phi) is 6.28. The molecule has 4 rings (SSSR count). The minimum Gasteiger partial charge on any atom is -0.336 e. The van der Waals surface area contributed by atoms with E-state index >= 15 is 0 Å². The zero-order valence-corrected chi connectivity index (χ0v) is 18.1. The van der Waals surface area contributed by atoms with Crippen molar-refractivity contribution < 1.29 is 4.79 Å². The normalized spacial score (nSPS) is 15.6. The molecule has 0 saturated carbocycles. The second-order valence-corrected chi connectivity index (χ2v) is 8.06. The fraction of sp³-hybridized carbons (Fsp3) is 0.320. The smallest absolute Gasteiger partial charge is 0.264 e. The van der Waals surface area contributed by atoms with E-state index in [-0.39, 0.29) is 23.1 Å². The maximum absolute atomic E-state index is 13.3. The summed E-state index contributed by atoms with van der Waals surface area (Å²) in [5, 5.41) is 0. The number of pyridine rings is 2. The van der Waals surface area contributed by atoms with Gasteiger partial charge in [0.1, 0.15) is 5.56 Å². The van der Waals surface area contributed by atoms with Crippen LogP contribution in [0, 0.1) is 6.92 Å². The Morgan fingerprint density at radius 3 is 2.39 bits per heavy atom. The van der Waals surface area contributed by atoms with Gasteiger partial charge in [0.2, 0.25) is 0 Å². The number of hydrogen-bond acceptors (Lipinski definition) is 4. The van der Waals surface area contributed by atoms with Crippen molar-refractivity contribution in [2.75, 3.05) is 26.2 Å². The van der Waals surface area contributed by atoms with E-state index in [4.69, 9.17) is 0 Å². The number of aryl methyl sites for hydroxylation is 1. The van der Waals surface area contributed by atoms with Crippen molar-refractivity contribution in [1.29, 1.82) is 0 Å². The van der Waals surface area contributed by atoms with Crippen LogP contribution >= 0.6 is 0 Å². The van der Waals surface area contributed by atoms with E-state index in [0.717, 1.165) is 36.5 Å². The molecule has 1 aliphatic rings. The quantitative estimate of drug-likeness (QED) is 0.641. The average Bonchev–Trinajstić information content (AvgIpc) is 2.80. The third-order valence-electron chi connectivity index (χ3n) is 6.01. The molecule has 0 spiro atoms. The summed E-state index contributed by atoms with van der Waals surface area (Å²) in [4.78, 5) is 35.1. The molecular weight excluding hydrogens is 388 g/mol. The Morgan fingerprint density at radius 1 is 1.00 bits per heavy atom. The van der Waals surface area contributed by atoms with Gasteiger partial charge in [-0.15, -0.1) is 0 Å². The van der Waals surface area contributed by atoms with Gasteiger partial charge in [0.15, 0.2) is 0 Å². The van der Waals surface area contributed by atoms with Crippen molar-refractivity contribution in [3.05, 3.63) is 99.7 Å². The number of carbonyl (C=O) groups excluding carboxylic acids is 1. The fourth-order valence-electron chi connectivity index (χ4n) is 4.09. The minimum absolute atomic E-state index is 0.143. The van der Waals surface area contributed by atoms with Gasteiger partial charge in [-0.2, -0.15) is 0 Å². The van der Waals surface area contributed by atoms with Crippen LogP contribution in [0.4, 0.5) is 0 Å². The van der Waals surface area contributed by atoms with Crippen LogP contribution in [0.5, 0.6) is 0 Å². The highest BCUT2D eigenvalue weighted by atomic mass is 16.2. The van der Waals surface area contributed by atoms with Crippen LogP contribution in [0.1, 0.15) is 40.1 Å². The summed E-state index contributed by atoms with van der Waals surface area (Å²) in [6.07, 6.45) is 3.59. The minimum atomic E-state index is -0.225. The summed E-state index contributed by atoms with van der Waals surface area (Å²) >= 11 is 0. The van der Waals surface area contributed by atoms with Gasteiger partial charge in [0, 0.05) is 45.1 Å². The maximum Gasteiger partial charge on any atom is 0.264 e. The number of piperazine rings is 1. The Labute approximate surface area is 182 Å². The van der Waals surface area contributed by atoms with Crippen molar-refractivity contribution >= 4 is 5.91 Å². The van der Waals surface area contributed by atoms with Gasteiger partial charge < -0.3 is 9.47 Å². The number of nitrogens with zero attached hydrogens (tertiary/aromatic N) is 4. The molecule has 3 heterocycles. The van der Waals surface area contributed by atoms with Crippen LogP contribution in [-0.4, -0.2) is 51.4 Å². The number of carbonyl (C=O) groups is 1. The number of aromatic nitrogens is 2. The van der Waals surface area contributed by atoms with Crippen molar-refractivity contribution in [2.45, 2.75) is 26.4 Å². The first kappa shape index (κ1) is 21.0. The molecule has 160 valence electrons. The van der Waals surface area contributed by atoms with E-state index in [1.807, 2.05) is 68.4 Å². The highest BCUT2D eigenvalue weighted by Gasteiger charge is 2.26. The SMILES string of the molecule is Cc1ccn(C(C)c2ccccc2)c(=O)c1C(=O)N1CCN(Cc2ccccn2)CC1. The zero-order chi connectivity index (χ0) is 21.8. The summed E-state index contributed by atoms with van der Waals surface area (Å²) in [6.45, 7) is 7.34. The third kappa shape index (κ3) is 4.59. The molecule has 0 aliphatic carbocycles. The number of hydrogen-bond donors (Lipinski definition) is 0. The van der Waals surface area contributed by atoms with E-state index in [0.29, 0.717) is 13.1 Å². The topological polar surface area (TPSA) is 58.4 Å². The van der Waals surface area contributed by atoms with Crippen molar-refractivity contribution in [3.63, 3.8) is 0 Å². The molecule has 1 aliphatic heterocycles. The second-order valence-electron chi connectivity index (χ2n) is 8.06. The molecule has 1 fully saturated rings. The van der Waals surface area contributed by atoms with E-state index in [1.165, 1.54) is 0 Å². The van der Waals surface area contributed by atoms with E-state index < -0.39 is 0 Å². The predicted molar refractivity (Wildman–Crippen MR) is 121 cm³/mol. The van der Waals surface area contributed by atoms with Crippen LogP contribution in [0.25, 0.3) is 0 Å². The zero-order valence-electron chi connectivity index (χ0n) is 18.1. The molecule has 31 heavy (non-hydrogen) atoms. The number of rotatable bonds is 5. The lowest BCUT2D eigenvalue weighted by Crippen LogP contribution is -2.49. The molecule has 2 aromatic heterocycles. The lowest BCUT2D eigenvalue weighted by Gasteiger charge is -2.34. The first-order chi connectivity index (χ1) is 15.0. The van der Waals surface area contributed by atoms with Gasteiger partial charge in [-0.3, -0.25) is 19.5 Å². The first-order valence-electron chi connectivity index (χ1n) is 10.7. The first-order valence-corrected chi connectivity index (χ1v) is 10.7. The van der Waals surface area contributed by atoms with Gasteiger partial charge >= 0.3 is 0 Å². The summed E-state index contributed by atoms with van der Waals surface area (Å²) < 4.78 is 1.66. The van der Waals surface area contributed by atoms with Crippen molar-refractivity contribution in [1.82, 2.24) is 19.4 Å². The molecule has 1 unspecified atom stereocenters. The predicted octanol–water partition coefficient (Wildman–Crippen LogP) is 3.12. The Bertz CT molecular complexity index is 1090. The van der Waals surface area contributed by atoms with Gasteiger partial charge in [0.05, 0.1) is 11.7 Å². The summed E-state index contributed by atoms with van der Waals surface area (Å²) in [7, 11) is 0. The van der Waals surface area contributed by atoms with Gasteiger partial charge in [-0.1, -0.05) is 36.4 Å². The highest BCUT2D eigenvalue weighted by molar-refractivity contribution is 5.95. The molecule has 0 bridgehead atoms. The van der Waals surface area contributed by atoms with Crippen LogP contribution in [0.2, 0.25) is 0 Å². The number of amides is 1. The molecule has 0 N–H and O–H groups in total. The standard InChI is InChI=1S/C25H28N4O2/c1-19-11-13-29(20(2)21-8-4-3-5-9-21)25(31)23(19)24(30)28-16-14-27(15-17-28)18-22-10-6-7-12-26-22/h3-13,20H,14-18H2,1-2H3. The Balaban J connectivity index is 1.49. The van der Waals surface area contributed by atoms with Crippen LogP contribution in [0.15, 0.2) is 71.8 Å². The molecule has 1 aromatic carbocycles. The Hall–Kier alpha value is -3.25. The average molecular weight is 417 g/mol. The van der Waals surface area contributed by atoms with Gasteiger partial charge in [0.25, 0.3) is 11.5 Å². The molecular formula is C25H28N4O2. The van der Waals surface area contributed by atoms with Crippen LogP contribution < -0.4 is 5.56 Å².